The summed E-state index contributed by atoms with van der Waals surface area (Å²) in [4.78, 5) is 16.3. The van der Waals surface area contributed by atoms with E-state index in [4.69, 9.17) is 0 Å². The smallest absolute Gasteiger partial charge is 0.266 e. The quantitative estimate of drug-likeness (QED) is 0.672. The number of thiazole rings is 1. The Kier molecular flexibility index (Phi) is 3.43. The Morgan fingerprint density at radius 1 is 1.56 bits per heavy atom. The fourth-order valence-electron chi connectivity index (χ4n) is 1.06. The number of rotatable bonds is 3. The predicted molar refractivity (Wildman–Crippen MR) is 66.2 cm³/mol. The fraction of sp³-hybridized carbons (Fsp3) is 0.100. The van der Waals surface area contributed by atoms with Crippen LogP contribution in [0.2, 0.25) is 0 Å². The van der Waals surface area contributed by atoms with Crippen molar-refractivity contribution in [2.45, 2.75) is 6.92 Å². The minimum atomic E-state index is -0.196. The van der Waals surface area contributed by atoms with Crippen LogP contribution in [0.15, 0.2) is 28.0 Å². The molecule has 4 nitrogen and oxygen atoms in total. The lowest BCUT2D eigenvalue weighted by Crippen LogP contribution is -2.16. The van der Waals surface area contributed by atoms with Gasteiger partial charge in [-0.2, -0.15) is 5.10 Å². The summed E-state index contributed by atoms with van der Waals surface area (Å²) in [5, 5.41) is 8.55. The van der Waals surface area contributed by atoms with Gasteiger partial charge in [0.1, 0.15) is 0 Å². The third-order valence-corrected chi connectivity index (χ3v) is 3.41. The Morgan fingerprint density at radius 3 is 3.06 bits per heavy atom. The molecule has 0 radical (unpaired) electrons. The van der Waals surface area contributed by atoms with Crippen molar-refractivity contribution in [3.05, 3.63) is 38.5 Å². The topological polar surface area (TPSA) is 54.4 Å². The molecule has 0 fully saturated rings. The fourth-order valence-corrected chi connectivity index (χ4v) is 2.24. The van der Waals surface area contributed by atoms with Crippen LogP contribution in [0.1, 0.15) is 20.4 Å². The Morgan fingerprint density at radius 2 is 2.44 bits per heavy atom. The normalized spacial score (nSPS) is 10.8. The summed E-state index contributed by atoms with van der Waals surface area (Å²) < 4.78 is 0. The van der Waals surface area contributed by atoms with Crippen LogP contribution in [-0.4, -0.2) is 17.1 Å². The lowest BCUT2D eigenvalue weighted by atomic mass is 10.4. The van der Waals surface area contributed by atoms with Crippen LogP contribution < -0.4 is 5.43 Å². The minimum Gasteiger partial charge on any atom is -0.266 e. The van der Waals surface area contributed by atoms with Crippen LogP contribution in [0, 0.1) is 6.92 Å². The first-order valence-corrected chi connectivity index (χ1v) is 6.30. The zero-order valence-electron chi connectivity index (χ0n) is 8.51. The highest BCUT2D eigenvalue weighted by Crippen LogP contribution is 2.08. The number of amides is 1. The second-order valence-corrected chi connectivity index (χ2v) is 4.98. The molecule has 0 atom stereocenters. The Balaban J connectivity index is 1.93. The van der Waals surface area contributed by atoms with Gasteiger partial charge in [-0.1, -0.05) is 6.07 Å². The molecule has 2 aromatic heterocycles. The number of carbonyl (C=O) groups is 1. The zero-order valence-corrected chi connectivity index (χ0v) is 10.1. The third kappa shape index (κ3) is 2.74. The average molecular weight is 251 g/mol. The molecule has 6 heteroatoms. The van der Waals surface area contributed by atoms with Gasteiger partial charge in [-0.25, -0.2) is 10.4 Å². The first-order valence-electron chi connectivity index (χ1n) is 4.55. The van der Waals surface area contributed by atoms with Crippen LogP contribution in [0.5, 0.6) is 0 Å². The lowest BCUT2D eigenvalue weighted by molar-refractivity contribution is 0.0959. The highest BCUT2D eigenvalue weighted by molar-refractivity contribution is 7.12. The van der Waals surface area contributed by atoms with Crippen LogP contribution in [0.4, 0.5) is 0 Å². The maximum absolute atomic E-state index is 11.5. The van der Waals surface area contributed by atoms with Gasteiger partial charge < -0.3 is 0 Å². The molecule has 1 amide bonds. The molecule has 0 unspecified atom stereocenters. The van der Waals surface area contributed by atoms with Crippen LogP contribution in [-0.2, 0) is 0 Å². The molecule has 0 aliphatic heterocycles. The summed E-state index contributed by atoms with van der Waals surface area (Å²) in [5.74, 6) is -0.196. The van der Waals surface area contributed by atoms with Crippen molar-refractivity contribution in [3.8, 4) is 0 Å². The Bertz CT molecular complexity index is 502. The molecule has 82 valence electrons. The van der Waals surface area contributed by atoms with E-state index in [1.165, 1.54) is 17.6 Å². The molecular formula is C10H9N3OS2. The molecular weight excluding hydrogens is 242 g/mol. The monoisotopic (exact) mass is 251 g/mol. The van der Waals surface area contributed by atoms with Crippen molar-refractivity contribution in [2.75, 3.05) is 0 Å². The molecule has 16 heavy (non-hydrogen) atoms. The van der Waals surface area contributed by atoms with E-state index in [2.05, 4.69) is 15.5 Å². The van der Waals surface area contributed by atoms with E-state index in [1.54, 1.807) is 17.4 Å². The zero-order chi connectivity index (χ0) is 11.4. The summed E-state index contributed by atoms with van der Waals surface area (Å²) >= 11 is 2.93. The largest absolute Gasteiger partial charge is 0.281 e. The van der Waals surface area contributed by atoms with E-state index >= 15 is 0 Å². The van der Waals surface area contributed by atoms with E-state index in [9.17, 15) is 4.79 Å². The van der Waals surface area contributed by atoms with Gasteiger partial charge in [0.05, 0.1) is 21.8 Å². The number of aryl methyl sites for hydroxylation is 1. The molecule has 1 N–H and O–H groups in total. The van der Waals surface area contributed by atoms with E-state index in [-0.39, 0.29) is 5.91 Å². The Hall–Kier alpha value is -1.53. The lowest BCUT2D eigenvalue weighted by Gasteiger charge is -1.93. The summed E-state index contributed by atoms with van der Waals surface area (Å²) in [6.45, 7) is 1.92. The number of thiophene rings is 1. The highest BCUT2D eigenvalue weighted by Gasteiger charge is 2.03. The highest BCUT2D eigenvalue weighted by atomic mass is 32.1. The van der Waals surface area contributed by atoms with Gasteiger partial charge in [0, 0.05) is 5.38 Å². The van der Waals surface area contributed by atoms with Crippen molar-refractivity contribution in [3.63, 3.8) is 0 Å². The summed E-state index contributed by atoms with van der Waals surface area (Å²) in [6.07, 6.45) is 1.54. The van der Waals surface area contributed by atoms with Crippen molar-refractivity contribution < 1.29 is 4.79 Å². The number of hydrazone groups is 1. The van der Waals surface area contributed by atoms with Crippen LogP contribution in [0.3, 0.4) is 0 Å². The van der Waals surface area contributed by atoms with E-state index in [0.717, 1.165) is 10.7 Å². The summed E-state index contributed by atoms with van der Waals surface area (Å²) in [5.41, 5.74) is 3.21. The SMILES string of the molecule is Cc1nc(/C=N\NC(=O)c2cccs2)cs1. The van der Waals surface area contributed by atoms with Crippen molar-refractivity contribution >= 4 is 34.8 Å². The first kappa shape index (κ1) is 11.0. The predicted octanol–water partition coefficient (Wildman–Crippen LogP) is 2.28. The molecule has 2 heterocycles. The number of nitrogens with zero attached hydrogens (tertiary/aromatic N) is 2. The molecule has 2 aromatic rings. The maximum atomic E-state index is 11.5. The third-order valence-electron chi connectivity index (χ3n) is 1.74. The number of hydrogen-bond acceptors (Lipinski definition) is 5. The van der Waals surface area contributed by atoms with E-state index < -0.39 is 0 Å². The minimum absolute atomic E-state index is 0.196. The number of aromatic nitrogens is 1. The first-order chi connectivity index (χ1) is 7.75. The second-order valence-electron chi connectivity index (χ2n) is 2.97. The van der Waals surface area contributed by atoms with Crippen molar-refractivity contribution in [1.82, 2.24) is 10.4 Å². The van der Waals surface area contributed by atoms with E-state index in [1.807, 2.05) is 23.8 Å². The number of carbonyl (C=O) groups excluding carboxylic acids is 1. The molecule has 0 saturated heterocycles. The average Bonchev–Trinajstić information content (AvgIpc) is 2.89. The Labute approximate surface area is 101 Å². The standard InChI is InChI=1S/C10H9N3OS2/c1-7-12-8(6-16-7)5-11-13-10(14)9-3-2-4-15-9/h2-6H,1H3,(H,13,14)/b11-5-. The van der Waals surface area contributed by atoms with Crippen molar-refractivity contribution in [2.24, 2.45) is 5.10 Å². The van der Waals surface area contributed by atoms with Crippen LogP contribution >= 0.6 is 22.7 Å². The van der Waals surface area contributed by atoms with E-state index in [0.29, 0.717) is 4.88 Å². The summed E-state index contributed by atoms with van der Waals surface area (Å²) in [6, 6.07) is 3.58. The summed E-state index contributed by atoms with van der Waals surface area (Å²) in [7, 11) is 0. The molecule has 0 bridgehead atoms. The second kappa shape index (κ2) is 5.00. The maximum Gasteiger partial charge on any atom is 0.281 e. The van der Waals surface area contributed by atoms with Gasteiger partial charge in [-0.15, -0.1) is 22.7 Å². The molecule has 0 aromatic carbocycles. The molecule has 0 aliphatic carbocycles. The molecule has 0 aliphatic rings. The molecule has 0 spiro atoms. The number of nitrogens with one attached hydrogen (secondary N) is 1. The number of hydrogen-bond donors (Lipinski definition) is 1. The van der Waals surface area contributed by atoms with Gasteiger partial charge in [-0.3, -0.25) is 4.79 Å². The van der Waals surface area contributed by atoms with Gasteiger partial charge in [0.15, 0.2) is 0 Å². The molecule has 0 saturated carbocycles. The molecule has 2 rings (SSSR count). The van der Waals surface area contributed by atoms with Crippen LogP contribution in [0.25, 0.3) is 0 Å². The van der Waals surface area contributed by atoms with Crippen molar-refractivity contribution in [1.29, 1.82) is 0 Å². The van der Waals surface area contributed by atoms with Gasteiger partial charge >= 0.3 is 0 Å². The van der Waals surface area contributed by atoms with Gasteiger partial charge in [0.2, 0.25) is 0 Å². The van der Waals surface area contributed by atoms with Gasteiger partial charge in [0.25, 0.3) is 5.91 Å². The van der Waals surface area contributed by atoms with Gasteiger partial charge in [-0.05, 0) is 18.4 Å².